The van der Waals surface area contributed by atoms with Gasteiger partial charge in [-0.25, -0.2) is 13.6 Å². The van der Waals surface area contributed by atoms with Gasteiger partial charge < -0.3 is 15.0 Å². The first kappa shape index (κ1) is 15.5. The van der Waals surface area contributed by atoms with E-state index in [1.165, 1.54) is 0 Å². The second kappa shape index (κ2) is 5.13. The van der Waals surface area contributed by atoms with Crippen molar-refractivity contribution in [3.8, 4) is 0 Å². The minimum Gasteiger partial charge on any atom is -0.444 e. The first-order chi connectivity index (χ1) is 9.11. The van der Waals surface area contributed by atoms with E-state index in [-0.39, 0.29) is 24.5 Å². The van der Waals surface area contributed by atoms with Gasteiger partial charge in [0.1, 0.15) is 5.60 Å². The molecule has 20 heavy (non-hydrogen) atoms. The molecule has 0 atom stereocenters. The topological polar surface area (TPSA) is 41.6 Å². The highest BCUT2D eigenvalue weighted by Crippen LogP contribution is 2.42. The number of carbonyl (C=O) groups excluding carboxylic acids is 1. The third-order valence-electron chi connectivity index (χ3n) is 3.99. The van der Waals surface area contributed by atoms with Crippen molar-refractivity contribution in [3.63, 3.8) is 0 Å². The van der Waals surface area contributed by atoms with E-state index in [1.54, 1.807) is 4.90 Å². The number of ether oxygens (including phenoxy) is 1. The lowest BCUT2D eigenvalue weighted by Crippen LogP contribution is -2.55. The molecular formula is C14H24F2N2O2. The van der Waals surface area contributed by atoms with Gasteiger partial charge in [0.15, 0.2) is 0 Å². The van der Waals surface area contributed by atoms with Crippen LogP contribution in [0.1, 0.15) is 40.0 Å². The van der Waals surface area contributed by atoms with Crippen LogP contribution >= 0.6 is 0 Å². The van der Waals surface area contributed by atoms with Crippen LogP contribution in [0.15, 0.2) is 0 Å². The molecule has 1 amide bonds. The predicted octanol–water partition coefficient (Wildman–Crippen LogP) is 2.63. The van der Waals surface area contributed by atoms with Crippen molar-refractivity contribution in [3.05, 3.63) is 0 Å². The van der Waals surface area contributed by atoms with Crippen LogP contribution in [0.25, 0.3) is 0 Å². The highest BCUT2D eigenvalue weighted by atomic mass is 19.3. The zero-order chi connectivity index (χ0) is 15.0. The molecule has 0 aliphatic carbocycles. The molecule has 2 fully saturated rings. The molecule has 116 valence electrons. The quantitative estimate of drug-likeness (QED) is 0.745. The fourth-order valence-electron chi connectivity index (χ4n) is 3.03. The van der Waals surface area contributed by atoms with Gasteiger partial charge in [0.25, 0.3) is 5.92 Å². The third-order valence-corrected chi connectivity index (χ3v) is 3.99. The molecule has 0 radical (unpaired) electrons. The lowest BCUT2D eigenvalue weighted by molar-refractivity contribution is -0.0853. The highest BCUT2D eigenvalue weighted by molar-refractivity contribution is 5.68. The maximum Gasteiger partial charge on any atom is 0.410 e. The third kappa shape index (κ3) is 3.81. The molecule has 6 heteroatoms. The van der Waals surface area contributed by atoms with Gasteiger partial charge in [-0.2, -0.15) is 0 Å². The number of halogens is 2. The average molecular weight is 290 g/mol. The molecule has 2 aliphatic heterocycles. The summed E-state index contributed by atoms with van der Waals surface area (Å²) >= 11 is 0. The number of amides is 1. The Morgan fingerprint density at radius 3 is 2.30 bits per heavy atom. The van der Waals surface area contributed by atoms with Gasteiger partial charge in [-0.1, -0.05) is 0 Å². The molecule has 2 heterocycles. The van der Waals surface area contributed by atoms with Crippen LogP contribution in [0.4, 0.5) is 13.6 Å². The molecule has 2 rings (SSSR count). The van der Waals surface area contributed by atoms with Crippen LogP contribution in [-0.4, -0.2) is 48.7 Å². The van der Waals surface area contributed by atoms with E-state index in [1.807, 2.05) is 20.8 Å². The molecule has 2 aliphatic rings. The van der Waals surface area contributed by atoms with Crippen LogP contribution in [0.5, 0.6) is 0 Å². The predicted molar refractivity (Wildman–Crippen MR) is 71.9 cm³/mol. The van der Waals surface area contributed by atoms with E-state index in [4.69, 9.17) is 4.74 Å². The van der Waals surface area contributed by atoms with Gasteiger partial charge >= 0.3 is 6.09 Å². The molecule has 0 aromatic carbocycles. The van der Waals surface area contributed by atoms with E-state index in [2.05, 4.69) is 5.32 Å². The van der Waals surface area contributed by atoms with Crippen molar-refractivity contribution in [2.45, 2.75) is 51.6 Å². The van der Waals surface area contributed by atoms with Gasteiger partial charge in [0.05, 0.1) is 6.54 Å². The van der Waals surface area contributed by atoms with E-state index in [0.29, 0.717) is 32.5 Å². The Morgan fingerprint density at radius 1 is 1.20 bits per heavy atom. The Labute approximate surface area is 118 Å². The lowest BCUT2D eigenvalue weighted by atomic mass is 9.72. The Hall–Kier alpha value is -0.910. The zero-order valence-corrected chi connectivity index (χ0v) is 12.5. The van der Waals surface area contributed by atoms with Gasteiger partial charge in [-0.15, -0.1) is 0 Å². The summed E-state index contributed by atoms with van der Waals surface area (Å²) in [6, 6.07) is 0. The SMILES string of the molecule is CC(C)(C)OC(=O)N1CCC2(CC1)CNCC(F)(F)C2. The maximum atomic E-state index is 13.5. The van der Waals surface area contributed by atoms with Crippen molar-refractivity contribution >= 4 is 6.09 Å². The minimum atomic E-state index is -2.63. The molecule has 0 aromatic rings. The fourth-order valence-corrected chi connectivity index (χ4v) is 3.03. The molecule has 4 nitrogen and oxygen atoms in total. The first-order valence-electron chi connectivity index (χ1n) is 7.17. The molecule has 0 saturated carbocycles. The van der Waals surface area contributed by atoms with E-state index in [0.717, 1.165) is 0 Å². The van der Waals surface area contributed by atoms with E-state index < -0.39 is 11.5 Å². The largest absolute Gasteiger partial charge is 0.444 e. The number of hydrogen-bond acceptors (Lipinski definition) is 3. The van der Waals surface area contributed by atoms with Crippen molar-refractivity contribution < 1.29 is 18.3 Å². The van der Waals surface area contributed by atoms with Crippen molar-refractivity contribution in [2.24, 2.45) is 5.41 Å². The number of nitrogens with zero attached hydrogens (tertiary/aromatic N) is 1. The van der Waals surface area contributed by atoms with Crippen LogP contribution in [0, 0.1) is 5.41 Å². The second-order valence-electron chi connectivity index (χ2n) is 7.10. The Morgan fingerprint density at radius 2 is 1.80 bits per heavy atom. The van der Waals surface area contributed by atoms with Gasteiger partial charge in [-0.3, -0.25) is 0 Å². The molecule has 2 saturated heterocycles. The fraction of sp³-hybridized carbons (Fsp3) is 0.929. The molecule has 0 unspecified atom stereocenters. The standard InChI is InChI=1S/C14H24F2N2O2/c1-12(2,3)20-11(19)18-6-4-13(5-7-18)8-14(15,16)10-17-9-13/h17H,4-10H2,1-3H3. The Bertz CT molecular complexity index is 372. The second-order valence-corrected chi connectivity index (χ2v) is 7.10. The zero-order valence-electron chi connectivity index (χ0n) is 12.5. The lowest BCUT2D eigenvalue weighted by Gasteiger charge is -2.46. The van der Waals surface area contributed by atoms with Crippen molar-refractivity contribution in [2.75, 3.05) is 26.2 Å². The summed E-state index contributed by atoms with van der Waals surface area (Å²) < 4.78 is 32.4. The van der Waals surface area contributed by atoms with Gasteiger partial charge in [0.2, 0.25) is 0 Å². The number of carbonyl (C=O) groups is 1. The number of rotatable bonds is 0. The molecular weight excluding hydrogens is 266 g/mol. The number of likely N-dealkylation sites (tertiary alicyclic amines) is 1. The molecule has 0 aromatic heterocycles. The highest BCUT2D eigenvalue weighted by Gasteiger charge is 2.47. The smallest absolute Gasteiger partial charge is 0.410 e. The number of alkyl halides is 2. The average Bonchev–Trinajstić information content (AvgIpc) is 2.25. The number of hydrogen-bond donors (Lipinski definition) is 1. The summed E-state index contributed by atoms with van der Waals surface area (Å²) in [6.07, 6.45) is 0.793. The summed E-state index contributed by atoms with van der Waals surface area (Å²) in [7, 11) is 0. The van der Waals surface area contributed by atoms with Crippen molar-refractivity contribution in [1.29, 1.82) is 0 Å². The summed E-state index contributed by atoms with van der Waals surface area (Å²) in [5.41, 5.74) is -0.897. The van der Waals surface area contributed by atoms with Gasteiger partial charge in [0, 0.05) is 26.1 Å². The normalized spacial score (nSPS) is 25.6. The Kier molecular flexibility index (Phi) is 3.97. The van der Waals surface area contributed by atoms with E-state index >= 15 is 0 Å². The van der Waals surface area contributed by atoms with Crippen LogP contribution in [0.2, 0.25) is 0 Å². The number of piperidine rings is 2. The van der Waals surface area contributed by atoms with Crippen LogP contribution < -0.4 is 5.32 Å². The summed E-state index contributed by atoms with van der Waals surface area (Å²) in [4.78, 5) is 13.6. The monoisotopic (exact) mass is 290 g/mol. The summed E-state index contributed by atoms with van der Waals surface area (Å²) in [6.45, 7) is 6.83. The van der Waals surface area contributed by atoms with Gasteiger partial charge in [-0.05, 0) is 39.0 Å². The van der Waals surface area contributed by atoms with E-state index in [9.17, 15) is 13.6 Å². The molecule has 1 spiro atoms. The van der Waals surface area contributed by atoms with Crippen LogP contribution in [-0.2, 0) is 4.74 Å². The maximum absolute atomic E-state index is 13.5. The van der Waals surface area contributed by atoms with Crippen LogP contribution in [0.3, 0.4) is 0 Å². The number of nitrogens with one attached hydrogen (secondary N) is 1. The molecule has 0 bridgehead atoms. The summed E-state index contributed by atoms with van der Waals surface area (Å²) in [5.74, 6) is -2.63. The van der Waals surface area contributed by atoms with Crippen molar-refractivity contribution in [1.82, 2.24) is 10.2 Å². The Balaban J connectivity index is 1.90. The molecule has 1 N–H and O–H groups in total. The first-order valence-corrected chi connectivity index (χ1v) is 7.17. The minimum absolute atomic E-state index is 0.0742. The summed E-state index contributed by atoms with van der Waals surface area (Å²) in [5, 5.41) is 2.83.